The fourth-order valence-corrected chi connectivity index (χ4v) is 3.43. The van der Waals surface area contributed by atoms with E-state index in [1.54, 1.807) is 6.20 Å². The lowest BCUT2D eigenvalue weighted by Crippen LogP contribution is -2.36. The smallest absolute Gasteiger partial charge is 0.255 e. The van der Waals surface area contributed by atoms with E-state index < -0.39 is 0 Å². The van der Waals surface area contributed by atoms with Gasteiger partial charge < -0.3 is 9.80 Å². The van der Waals surface area contributed by atoms with Gasteiger partial charge in [0.05, 0.1) is 5.56 Å². The van der Waals surface area contributed by atoms with Crippen LogP contribution in [0.3, 0.4) is 0 Å². The Balaban J connectivity index is 1.72. The predicted octanol–water partition coefficient (Wildman–Crippen LogP) is 4.51. The molecule has 2 aromatic rings. The van der Waals surface area contributed by atoms with Gasteiger partial charge in [0, 0.05) is 31.9 Å². The molecule has 4 heteroatoms. The number of benzene rings is 1. The summed E-state index contributed by atoms with van der Waals surface area (Å²) in [6.45, 7) is 6.85. The van der Waals surface area contributed by atoms with E-state index in [0.29, 0.717) is 12.1 Å². The van der Waals surface area contributed by atoms with Gasteiger partial charge in [-0.25, -0.2) is 4.98 Å². The van der Waals surface area contributed by atoms with Crippen LogP contribution in [0.15, 0.2) is 48.7 Å². The SMILES string of the molecule is CC(C)N(Cc1ccccc1)C(=O)c1ccc(N2CCCCCC2)nc1. The average molecular weight is 351 g/mol. The average Bonchev–Trinajstić information content (AvgIpc) is 2.96. The molecule has 1 saturated heterocycles. The molecule has 4 nitrogen and oxygen atoms in total. The second kappa shape index (κ2) is 8.84. The monoisotopic (exact) mass is 351 g/mol. The summed E-state index contributed by atoms with van der Waals surface area (Å²) in [5.41, 5.74) is 1.80. The molecule has 0 atom stereocenters. The minimum Gasteiger partial charge on any atom is -0.357 e. The molecule has 0 saturated carbocycles. The number of pyridine rings is 1. The van der Waals surface area contributed by atoms with Crippen molar-refractivity contribution in [3.8, 4) is 0 Å². The minimum absolute atomic E-state index is 0.0405. The molecule has 1 fully saturated rings. The molecule has 1 aliphatic rings. The molecule has 0 radical (unpaired) electrons. The molecule has 1 aromatic heterocycles. The number of anilines is 1. The number of rotatable bonds is 5. The highest BCUT2D eigenvalue weighted by Crippen LogP contribution is 2.19. The molecule has 0 spiro atoms. The third-order valence-corrected chi connectivity index (χ3v) is 5.00. The topological polar surface area (TPSA) is 36.4 Å². The van der Waals surface area contributed by atoms with Gasteiger partial charge in [0.2, 0.25) is 0 Å². The van der Waals surface area contributed by atoms with Crippen LogP contribution in [0.4, 0.5) is 5.82 Å². The molecule has 1 aliphatic heterocycles. The van der Waals surface area contributed by atoms with Gasteiger partial charge in [-0.1, -0.05) is 43.2 Å². The van der Waals surface area contributed by atoms with Crippen LogP contribution < -0.4 is 4.90 Å². The zero-order chi connectivity index (χ0) is 18.4. The summed E-state index contributed by atoms with van der Waals surface area (Å²) in [5, 5.41) is 0. The molecule has 2 heterocycles. The lowest BCUT2D eigenvalue weighted by atomic mass is 10.1. The molecule has 0 N–H and O–H groups in total. The summed E-state index contributed by atoms with van der Waals surface area (Å²) in [4.78, 5) is 21.8. The second-order valence-electron chi connectivity index (χ2n) is 7.32. The van der Waals surface area contributed by atoms with Crippen molar-refractivity contribution in [1.82, 2.24) is 9.88 Å². The Kier molecular flexibility index (Phi) is 6.26. The fraction of sp³-hybridized carbons (Fsp3) is 0.455. The summed E-state index contributed by atoms with van der Waals surface area (Å²) < 4.78 is 0. The van der Waals surface area contributed by atoms with Gasteiger partial charge in [-0.2, -0.15) is 0 Å². The first kappa shape index (κ1) is 18.4. The van der Waals surface area contributed by atoms with E-state index in [9.17, 15) is 4.79 Å². The number of carbonyl (C=O) groups is 1. The quantitative estimate of drug-likeness (QED) is 0.795. The summed E-state index contributed by atoms with van der Waals surface area (Å²) in [6.07, 6.45) is 6.79. The molecular weight excluding hydrogens is 322 g/mol. The van der Waals surface area contributed by atoms with E-state index in [2.05, 4.69) is 35.9 Å². The zero-order valence-corrected chi connectivity index (χ0v) is 15.9. The van der Waals surface area contributed by atoms with Crippen molar-refractivity contribution < 1.29 is 4.79 Å². The van der Waals surface area contributed by atoms with Gasteiger partial charge in [-0.3, -0.25) is 4.79 Å². The number of aromatic nitrogens is 1. The lowest BCUT2D eigenvalue weighted by Gasteiger charge is -2.27. The molecule has 0 bridgehead atoms. The van der Waals surface area contributed by atoms with Gasteiger partial charge in [0.1, 0.15) is 5.82 Å². The van der Waals surface area contributed by atoms with Crippen LogP contribution in [-0.2, 0) is 6.54 Å². The van der Waals surface area contributed by atoms with Gasteiger partial charge in [0.15, 0.2) is 0 Å². The van der Waals surface area contributed by atoms with Crippen molar-refractivity contribution >= 4 is 11.7 Å². The summed E-state index contributed by atoms with van der Waals surface area (Å²) in [7, 11) is 0. The summed E-state index contributed by atoms with van der Waals surface area (Å²) >= 11 is 0. The molecule has 0 unspecified atom stereocenters. The van der Waals surface area contributed by atoms with Crippen molar-refractivity contribution in [3.63, 3.8) is 0 Å². The van der Waals surface area contributed by atoms with Crippen molar-refractivity contribution in [2.24, 2.45) is 0 Å². The third kappa shape index (κ3) is 4.63. The van der Waals surface area contributed by atoms with Crippen LogP contribution in [0.2, 0.25) is 0 Å². The number of nitrogens with zero attached hydrogens (tertiary/aromatic N) is 3. The number of amides is 1. The molecule has 1 amide bonds. The molecule has 1 aromatic carbocycles. The largest absolute Gasteiger partial charge is 0.357 e. The Morgan fingerprint density at radius 2 is 1.73 bits per heavy atom. The maximum atomic E-state index is 13.0. The Morgan fingerprint density at radius 1 is 1.04 bits per heavy atom. The van der Waals surface area contributed by atoms with E-state index in [0.717, 1.165) is 24.5 Å². The molecule has 26 heavy (non-hydrogen) atoms. The van der Waals surface area contributed by atoms with E-state index >= 15 is 0 Å². The lowest BCUT2D eigenvalue weighted by molar-refractivity contribution is 0.0690. The number of hydrogen-bond donors (Lipinski definition) is 0. The van der Waals surface area contributed by atoms with Crippen LogP contribution in [0.5, 0.6) is 0 Å². The van der Waals surface area contributed by atoms with Crippen molar-refractivity contribution in [2.75, 3.05) is 18.0 Å². The van der Waals surface area contributed by atoms with Crippen LogP contribution >= 0.6 is 0 Å². The molecule has 138 valence electrons. The summed E-state index contributed by atoms with van der Waals surface area (Å²) in [6, 6.07) is 14.2. The standard InChI is InChI=1S/C22H29N3O/c1-18(2)25(17-19-10-6-5-7-11-19)22(26)20-12-13-21(23-16-20)24-14-8-3-4-9-15-24/h5-7,10-13,16,18H,3-4,8-9,14-15,17H2,1-2H3. The second-order valence-corrected chi connectivity index (χ2v) is 7.32. The van der Waals surface area contributed by atoms with E-state index in [1.807, 2.05) is 35.2 Å². The molecular formula is C22H29N3O. The maximum absolute atomic E-state index is 13.0. The normalized spacial score (nSPS) is 15.0. The Bertz CT molecular complexity index is 689. The van der Waals surface area contributed by atoms with E-state index in [4.69, 9.17) is 0 Å². The molecule has 3 rings (SSSR count). The van der Waals surface area contributed by atoms with Crippen LogP contribution in [0.1, 0.15) is 55.5 Å². The highest BCUT2D eigenvalue weighted by molar-refractivity contribution is 5.94. The van der Waals surface area contributed by atoms with Gasteiger partial charge in [-0.05, 0) is 44.4 Å². The minimum atomic E-state index is 0.0405. The van der Waals surface area contributed by atoms with Crippen LogP contribution in [0, 0.1) is 0 Å². The number of hydrogen-bond acceptors (Lipinski definition) is 3. The maximum Gasteiger partial charge on any atom is 0.255 e. The van der Waals surface area contributed by atoms with E-state index in [-0.39, 0.29) is 11.9 Å². The van der Waals surface area contributed by atoms with Gasteiger partial charge >= 0.3 is 0 Å². The zero-order valence-electron chi connectivity index (χ0n) is 15.9. The summed E-state index contributed by atoms with van der Waals surface area (Å²) in [5.74, 6) is 1.03. The van der Waals surface area contributed by atoms with Crippen molar-refractivity contribution in [3.05, 3.63) is 59.8 Å². The van der Waals surface area contributed by atoms with Crippen molar-refractivity contribution in [2.45, 2.75) is 52.1 Å². The van der Waals surface area contributed by atoms with Gasteiger partial charge in [-0.15, -0.1) is 0 Å². The van der Waals surface area contributed by atoms with Crippen LogP contribution in [0.25, 0.3) is 0 Å². The highest BCUT2D eigenvalue weighted by Gasteiger charge is 2.20. The van der Waals surface area contributed by atoms with Crippen molar-refractivity contribution in [1.29, 1.82) is 0 Å². The van der Waals surface area contributed by atoms with Gasteiger partial charge in [0.25, 0.3) is 5.91 Å². The Morgan fingerprint density at radius 3 is 2.31 bits per heavy atom. The van der Waals surface area contributed by atoms with E-state index in [1.165, 1.54) is 25.7 Å². The van der Waals surface area contributed by atoms with Crippen LogP contribution in [-0.4, -0.2) is 34.9 Å². The predicted molar refractivity (Wildman–Crippen MR) is 106 cm³/mol. The Hall–Kier alpha value is -2.36. The third-order valence-electron chi connectivity index (χ3n) is 5.00. The Labute approximate surface area is 156 Å². The first-order valence-electron chi connectivity index (χ1n) is 9.71. The highest BCUT2D eigenvalue weighted by atomic mass is 16.2. The first-order valence-corrected chi connectivity index (χ1v) is 9.71. The molecule has 0 aliphatic carbocycles. The fourth-order valence-electron chi connectivity index (χ4n) is 3.43. The number of carbonyl (C=O) groups excluding carboxylic acids is 1. The first-order chi connectivity index (χ1) is 12.6.